The number of hydrogen-bond donors (Lipinski definition) is 2. The molecule has 2 rings (SSSR count). The summed E-state index contributed by atoms with van der Waals surface area (Å²) in [6, 6.07) is 6.93. The van der Waals surface area contributed by atoms with Gasteiger partial charge in [0.1, 0.15) is 0 Å². The quantitative estimate of drug-likeness (QED) is 0.898. The predicted octanol–water partition coefficient (Wildman–Crippen LogP) is 1.68. The van der Waals surface area contributed by atoms with Crippen LogP contribution < -0.4 is 16.2 Å². The van der Waals surface area contributed by atoms with Crippen molar-refractivity contribution < 1.29 is 4.79 Å². The van der Waals surface area contributed by atoms with Crippen molar-refractivity contribution in [1.82, 2.24) is 14.9 Å². The van der Waals surface area contributed by atoms with E-state index in [0.717, 1.165) is 16.8 Å². The normalized spacial score (nSPS) is 10.2. The summed E-state index contributed by atoms with van der Waals surface area (Å²) in [5.74, 6) is 0. The van der Waals surface area contributed by atoms with Gasteiger partial charge in [0.2, 0.25) is 0 Å². The predicted molar refractivity (Wildman–Crippen MR) is 81.4 cm³/mol. The summed E-state index contributed by atoms with van der Waals surface area (Å²) in [5.41, 5.74) is 2.80. The molecule has 2 N–H and O–H groups in total. The number of aryl methyl sites for hydroxylation is 2. The van der Waals surface area contributed by atoms with Gasteiger partial charge < -0.3 is 10.6 Å². The largest absolute Gasteiger partial charge is 0.336 e. The fourth-order valence-corrected chi connectivity index (χ4v) is 2.06. The Kier molecular flexibility index (Phi) is 4.71. The fraction of sp³-hybridized carbons (Fsp3) is 0.267. The molecule has 2 aromatic rings. The number of amides is 2. The van der Waals surface area contributed by atoms with Crippen molar-refractivity contribution in [2.24, 2.45) is 0 Å². The number of carbonyl (C=O) groups excluding carboxylic acids is 1. The minimum absolute atomic E-state index is 0.137. The van der Waals surface area contributed by atoms with Gasteiger partial charge in [0.05, 0.1) is 6.33 Å². The molecule has 0 radical (unpaired) electrons. The van der Waals surface area contributed by atoms with Gasteiger partial charge in [-0.3, -0.25) is 9.36 Å². The van der Waals surface area contributed by atoms with Crippen LogP contribution in [0.5, 0.6) is 0 Å². The first-order valence-corrected chi connectivity index (χ1v) is 6.68. The molecular formula is C15H18N4O2. The SMILES string of the molecule is Cc1cc(C)cc(NC(=O)NCCn2cnccc2=O)c1. The van der Waals surface area contributed by atoms with Crippen molar-refractivity contribution in [3.63, 3.8) is 0 Å². The van der Waals surface area contributed by atoms with Gasteiger partial charge in [-0.2, -0.15) is 0 Å². The van der Waals surface area contributed by atoms with Crippen LogP contribution in [0.25, 0.3) is 0 Å². The summed E-state index contributed by atoms with van der Waals surface area (Å²) in [5, 5.41) is 5.48. The molecule has 0 atom stereocenters. The van der Waals surface area contributed by atoms with Gasteiger partial charge in [-0.05, 0) is 37.1 Å². The van der Waals surface area contributed by atoms with E-state index in [9.17, 15) is 9.59 Å². The second-order valence-corrected chi connectivity index (χ2v) is 4.87. The molecule has 0 saturated heterocycles. The third-order valence-electron chi connectivity index (χ3n) is 2.91. The Bertz CT molecular complexity index is 674. The zero-order chi connectivity index (χ0) is 15.2. The molecule has 1 heterocycles. The van der Waals surface area contributed by atoms with E-state index in [1.165, 1.54) is 23.2 Å². The molecule has 0 aliphatic carbocycles. The van der Waals surface area contributed by atoms with Gasteiger partial charge in [0, 0.05) is 31.0 Å². The number of rotatable bonds is 4. The maximum atomic E-state index is 11.8. The number of aromatic nitrogens is 2. The lowest BCUT2D eigenvalue weighted by molar-refractivity contribution is 0.251. The molecule has 6 heteroatoms. The standard InChI is InChI=1S/C15H18N4O2/c1-11-7-12(2)9-13(8-11)18-15(21)17-5-6-19-10-16-4-3-14(19)20/h3-4,7-10H,5-6H2,1-2H3,(H2,17,18,21). The molecule has 110 valence electrons. The van der Waals surface area contributed by atoms with Crippen LogP contribution in [-0.4, -0.2) is 22.1 Å². The number of carbonyl (C=O) groups is 1. The summed E-state index contributed by atoms with van der Waals surface area (Å²) in [6.45, 7) is 4.69. The first-order chi connectivity index (χ1) is 10.0. The Hall–Kier alpha value is -2.63. The average molecular weight is 286 g/mol. The van der Waals surface area contributed by atoms with E-state index in [2.05, 4.69) is 15.6 Å². The lowest BCUT2D eigenvalue weighted by Crippen LogP contribution is -2.33. The molecule has 1 aromatic carbocycles. The van der Waals surface area contributed by atoms with E-state index in [-0.39, 0.29) is 11.6 Å². The van der Waals surface area contributed by atoms with Crippen LogP contribution in [-0.2, 0) is 6.54 Å². The van der Waals surface area contributed by atoms with Crippen molar-refractivity contribution in [3.8, 4) is 0 Å². The number of hydrogen-bond acceptors (Lipinski definition) is 3. The summed E-state index contributed by atoms with van der Waals surface area (Å²) >= 11 is 0. The molecule has 0 aliphatic heterocycles. The second-order valence-electron chi connectivity index (χ2n) is 4.87. The van der Waals surface area contributed by atoms with Crippen LogP contribution in [0.3, 0.4) is 0 Å². The highest BCUT2D eigenvalue weighted by molar-refractivity contribution is 5.89. The lowest BCUT2D eigenvalue weighted by atomic mass is 10.1. The summed E-state index contributed by atoms with van der Waals surface area (Å²) in [4.78, 5) is 27.1. The van der Waals surface area contributed by atoms with Crippen LogP contribution >= 0.6 is 0 Å². The zero-order valence-electron chi connectivity index (χ0n) is 12.1. The van der Waals surface area contributed by atoms with E-state index >= 15 is 0 Å². The van der Waals surface area contributed by atoms with Gasteiger partial charge in [0.25, 0.3) is 5.56 Å². The van der Waals surface area contributed by atoms with Crippen LogP contribution in [0.15, 0.2) is 41.6 Å². The molecule has 0 bridgehead atoms. The third-order valence-corrected chi connectivity index (χ3v) is 2.91. The van der Waals surface area contributed by atoms with Crippen molar-refractivity contribution in [1.29, 1.82) is 0 Å². The second kappa shape index (κ2) is 6.69. The van der Waals surface area contributed by atoms with Gasteiger partial charge >= 0.3 is 6.03 Å². The molecule has 1 aromatic heterocycles. The Morgan fingerprint density at radius 1 is 1.24 bits per heavy atom. The highest BCUT2D eigenvalue weighted by atomic mass is 16.2. The van der Waals surface area contributed by atoms with E-state index < -0.39 is 0 Å². The van der Waals surface area contributed by atoms with Gasteiger partial charge in [-0.25, -0.2) is 9.78 Å². The van der Waals surface area contributed by atoms with E-state index in [1.807, 2.05) is 32.0 Å². The molecule has 0 unspecified atom stereocenters. The Balaban J connectivity index is 1.85. The molecule has 0 spiro atoms. The first-order valence-electron chi connectivity index (χ1n) is 6.68. The van der Waals surface area contributed by atoms with Crippen molar-refractivity contribution in [2.45, 2.75) is 20.4 Å². The van der Waals surface area contributed by atoms with Crippen LogP contribution in [0.4, 0.5) is 10.5 Å². The average Bonchev–Trinajstić information content (AvgIpc) is 2.39. The third kappa shape index (κ3) is 4.45. The molecule has 21 heavy (non-hydrogen) atoms. The molecular weight excluding hydrogens is 268 g/mol. The smallest absolute Gasteiger partial charge is 0.319 e. The van der Waals surface area contributed by atoms with Crippen LogP contribution in [0, 0.1) is 13.8 Å². The minimum Gasteiger partial charge on any atom is -0.336 e. The minimum atomic E-state index is -0.295. The highest BCUT2D eigenvalue weighted by Crippen LogP contribution is 2.13. The fourth-order valence-electron chi connectivity index (χ4n) is 2.06. The molecule has 0 aliphatic rings. The summed E-state index contributed by atoms with van der Waals surface area (Å²) in [6.07, 6.45) is 2.89. The lowest BCUT2D eigenvalue weighted by Gasteiger charge is -2.10. The van der Waals surface area contributed by atoms with Crippen LogP contribution in [0.2, 0.25) is 0 Å². The number of anilines is 1. The summed E-state index contributed by atoms with van der Waals surface area (Å²) < 4.78 is 1.44. The molecule has 0 fully saturated rings. The topological polar surface area (TPSA) is 76.0 Å². The van der Waals surface area contributed by atoms with Gasteiger partial charge in [-0.15, -0.1) is 0 Å². The maximum Gasteiger partial charge on any atom is 0.319 e. The number of nitrogens with zero attached hydrogens (tertiary/aromatic N) is 2. The highest BCUT2D eigenvalue weighted by Gasteiger charge is 2.02. The van der Waals surface area contributed by atoms with E-state index in [0.29, 0.717) is 13.1 Å². The first kappa shape index (κ1) is 14.8. The van der Waals surface area contributed by atoms with E-state index in [4.69, 9.17) is 0 Å². The van der Waals surface area contributed by atoms with Crippen LogP contribution in [0.1, 0.15) is 11.1 Å². The number of benzene rings is 1. The van der Waals surface area contributed by atoms with E-state index in [1.54, 1.807) is 0 Å². The Morgan fingerprint density at radius 3 is 2.62 bits per heavy atom. The number of urea groups is 1. The monoisotopic (exact) mass is 286 g/mol. The molecule has 0 saturated carbocycles. The summed E-state index contributed by atoms with van der Waals surface area (Å²) in [7, 11) is 0. The molecule has 2 amide bonds. The Morgan fingerprint density at radius 2 is 1.95 bits per heavy atom. The Labute approximate surface area is 122 Å². The van der Waals surface area contributed by atoms with Crippen molar-refractivity contribution in [3.05, 3.63) is 58.3 Å². The van der Waals surface area contributed by atoms with Crippen molar-refractivity contribution >= 4 is 11.7 Å². The van der Waals surface area contributed by atoms with Crippen molar-refractivity contribution in [2.75, 3.05) is 11.9 Å². The maximum absolute atomic E-state index is 11.8. The molecule has 6 nitrogen and oxygen atoms in total. The number of nitrogens with one attached hydrogen (secondary N) is 2. The van der Waals surface area contributed by atoms with Gasteiger partial charge in [-0.1, -0.05) is 6.07 Å². The van der Waals surface area contributed by atoms with Gasteiger partial charge in [0.15, 0.2) is 0 Å². The zero-order valence-corrected chi connectivity index (χ0v) is 12.1.